The smallest absolute Gasteiger partial charge is 0.293 e. The maximum atomic E-state index is 12.5. The van der Waals surface area contributed by atoms with E-state index in [4.69, 9.17) is 0 Å². The van der Waals surface area contributed by atoms with Crippen molar-refractivity contribution in [3.05, 3.63) is 76.4 Å². The van der Waals surface area contributed by atoms with Crippen LogP contribution >= 0.6 is 0 Å². The first-order valence-corrected chi connectivity index (χ1v) is 9.13. The predicted octanol–water partition coefficient (Wildman–Crippen LogP) is 2.27. The fraction of sp³-hybridized carbons (Fsp3) is 0.350. The Labute approximate surface area is 152 Å². The van der Waals surface area contributed by atoms with Gasteiger partial charge in [0.25, 0.3) is 5.56 Å². The van der Waals surface area contributed by atoms with Gasteiger partial charge in [0.2, 0.25) is 0 Å². The van der Waals surface area contributed by atoms with Crippen LogP contribution in [0.3, 0.4) is 0 Å². The van der Waals surface area contributed by atoms with E-state index < -0.39 is 0 Å². The van der Waals surface area contributed by atoms with Crippen LogP contribution in [-0.2, 0) is 32.5 Å². The summed E-state index contributed by atoms with van der Waals surface area (Å²) in [5.74, 6) is 0.527. The van der Waals surface area contributed by atoms with Crippen molar-refractivity contribution in [3.63, 3.8) is 0 Å². The Hall–Kier alpha value is -2.89. The minimum atomic E-state index is -0.0260. The maximum absolute atomic E-state index is 12.5. The van der Waals surface area contributed by atoms with E-state index in [1.807, 2.05) is 24.2 Å². The first-order chi connectivity index (χ1) is 12.8. The van der Waals surface area contributed by atoms with Crippen molar-refractivity contribution in [2.45, 2.75) is 39.4 Å². The Bertz CT molecular complexity index is 944. The number of hydrogen-bond acceptors (Lipinski definition) is 4. The number of benzene rings is 1. The van der Waals surface area contributed by atoms with Crippen molar-refractivity contribution >= 4 is 5.82 Å². The zero-order valence-electron chi connectivity index (χ0n) is 15.0. The van der Waals surface area contributed by atoms with Crippen LogP contribution in [0.4, 0.5) is 5.82 Å². The quantitative estimate of drug-likeness (QED) is 0.709. The van der Waals surface area contributed by atoms with Crippen LogP contribution in [-0.4, -0.2) is 25.6 Å². The lowest BCUT2D eigenvalue weighted by Crippen LogP contribution is -2.37. The lowest BCUT2D eigenvalue weighted by atomic mass is 10.1. The minimum Gasteiger partial charge on any atom is -0.346 e. The molecule has 134 valence electrons. The molecule has 1 aromatic carbocycles. The molecule has 1 aliphatic heterocycles. The number of aromatic nitrogens is 4. The van der Waals surface area contributed by atoms with Crippen molar-refractivity contribution in [1.29, 1.82) is 0 Å². The fourth-order valence-electron chi connectivity index (χ4n) is 3.54. The molecule has 2 aromatic heterocycles. The first kappa shape index (κ1) is 16.6. The van der Waals surface area contributed by atoms with Gasteiger partial charge in [-0.15, -0.1) is 0 Å². The van der Waals surface area contributed by atoms with Gasteiger partial charge in [0, 0.05) is 44.1 Å². The number of aryl methyl sites for hydroxylation is 3. The topological polar surface area (TPSA) is 56.0 Å². The summed E-state index contributed by atoms with van der Waals surface area (Å²) in [6, 6.07) is 10.5. The molecule has 0 atom stereocenters. The van der Waals surface area contributed by atoms with Crippen LogP contribution in [0.15, 0.2) is 53.8 Å². The number of fused-ring (bicyclic) bond motifs is 1. The molecule has 0 fully saturated rings. The molecule has 3 aromatic rings. The summed E-state index contributed by atoms with van der Waals surface area (Å²) in [6.45, 7) is 4.98. The highest BCUT2D eigenvalue weighted by Crippen LogP contribution is 2.20. The van der Waals surface area contributed by atoms with E-state index in [-0.39, 0.29) is 5.56 Å². The van der Waals surface area contributed by atoms with Gasteiger partial charge in [0.1, 0.15) is 0 Å². The van der Waals surface area contributed by atoms with Crippen molar-refractivity contribution in [1.82, 2.24) is 19.1 Å². The standard InChI is InChI=1S/C20H23N5O/c1-2-23-13-10-21-19(20(23)26)24-12-9-18-17(14-24)22-15-25(18)11-8-16-6-4-3-5-7-16/h3-7,10,13,15H,2,8-9,11-12,14H2,1H3. The summed E-state index contributed by atoms with van der Waals surface area (Å²) in [5.41, 5.74) is 3.64. The monoisotopic (exact) mass is 349 g/mol. The van der Waals surface area contributed by atoms with E-state index in [1.54, 1.807) is 17.0 Å². The normalized spacial score (nSPS) is 13.7. The summed E-state index contributed by atoms with van der Waals surface area (Å²) in [5, 5.41) is 0. The summed E-state index contributed by atoms with van der Waals surface area (Å²) in [7, 11) is 0. The summed E-state index contributed by atoms with van der Waals surface area (Å²) in [4.78, 5) is 23.5. The Morgan fingerprint density at radius 2 is 1.96 bits per heavy atom. The lowest BCUT2D eigenvalue weighted by Gasteiger charge is -2.27. The molecule has 0 N–H and O–H groups in total. The van der Waals surface area contributed by atoms with Gasteiger partial charge in [0.05, 0.1) is 18.6 Å². The largest absolute Gasteiger partial charge is 0.346 e. The van der Waals surface area contributed by atoms with Crippen LogP contribution < -0.4 is 10.5 Å². The highest BCUT2D eigenvalue weighted by Gasteiger charge is 2.23. The second-order valence-electron chi connectivity index (χ2n) is 6.58. The number of nitrogens with zero attached hydrogens (tertiary/aromatic N) is 5. The Kier molecular flexibility index (Phi) is 4.56. The van der Waals surface area contributed by atoms with Gasteiger partial charge in [-0.05, 0) is 18.9 Å². The van der Waals surface area contributed by atoms with E-state index in [1.165, 1.54) is 11.3 Å². The van der Waals surface area contributed by atoms with Gasteiger partial charge in [-0.3, -0.25) is 4.79 Å². The molecule has 0 saturated carbocycles. The van der Waals surface area contributed by atoms with Gasteiger partial charge >= 0.3 is 0 Å². The highest BCUT2D eigenvalue weighted by molar-refractivity contribution is 5.39. The van der Waals surface area contributed by atoms with Crippen LogP contribution in [0, 0.1) is 0 Å². The van der Waals surface area contributed by atoms with E-state index in [0.717, 1.165) is 31.6 Å². The average Bonchev–Trinajstić information content (AvgIpc) is 3.09. The molecule has 0 spiro atoms. The van der Waals surface area contributed by atoms with Crippen molar-refractivity contribution in [3.8, 4) is 0 Å². The lowest BCUT2D eigenvalue weighted by molar-refractivity contribution is 0.616. The van der Waals surface area contributed by atoms with Crippen LogP contribution in [0.2, 0.25) is 0 Å². The zero-order valence-corrected chi connectivity index (χ0v) is 15.0. The third-order valence-electron chi connectivity index (χ3n) is 5.01. The molecule has 3 heterocycles. The Morgan fingerprint density at radius 1 is 1.12 bits per heavy atom. The first-order valence-electron chi connectivity index (χ1n) is 9.13. The number of rotatable bonds is 5. The average molecular weight is 349 g/mol. The van der Waals surface area contributed by atoms with E-state index in [9.17, 15) is 4.79 Å². The molecular weight excluding hydrogens is 326 g/mol. The molecule has 0 radical (unpaired) electrons. The van der Waals surface area contributed by atoms with Gasteiger partial charge in [-0.2, -0.15) is 0 Å². The third kappa shape index (κ3) is 3.14. The second kappa shape index (κ2) is 7.15. The molecule has 0 aliphatic carbocycles. The Balaban J connectivity index is 1.50. The molecule has 0 saturated heterocycles. The molecule has 26 heavy (non-hydrogen) atoms. The van der Waals surface area contributed by atoms with Gasteiger partial charge in [0.15, 0.2) is 5.82 Å². The molecule has 6 nitrogen and oxygen atoms in total. The van der Waals surface area contributed by atoms with Gasteiger partial charge in [-0.1, -0.05) is 30.3 Å². The number of anilines is 1. The number of imidazole rings is 1. The molecule has 0 bridgehead atoms. The van der Waals surface area contributed by atoms with Gasteiger partial charge < -0.3 is 14.0 Å². The molecule has 6 heteroatoms. The summed E-state index contributed by atoms with van der Waals surface area (Å²) >= 11 is 0. The third-order valence-corrected chi connectivity index (χ3v) is 5.01. The summed E-state index contributed by atoms with van der Waals surface area (Å²) < 4.78 is 3.94. The van der Waals surface area contributed by atoms with Crippen molar-refractivity contribution < 1.29 is 0 Å². The molecular formula is C20H23N5O. The molecule has 4 rings (SSSR count). The highest BCUT2D eigenvalue weighted by atomic mass is 16.1. The van der Waals surface area contributed by atoms with E-state index in [2.05, 4.69) is 38.8 Å². The van der Waals surface area contributed by atoms with E-state index >= 15 is 0 Å². The van der Waals surface area contributed by atoms with Crippen LogP contribution in [0.1, 0.15) is 23.9 Å². The zero-order chi connectivity index (χ0) is 17.9. The molecule has 0 unspecified atom stereocenters. The van der Waals surface area contributed by atoms with Crippen LogP contribution in [0.25, 0.3) is 0 Å². The van der Waals surface area contributed by atoms with Crippen molar-refractivity contribution in [2.24, 2.45) is 0 Å². The Morgan fingerprint density at radius 3 is 2.77 bits per heavy atom. The molecule has 0 amide bonds. The molecule has 1 aliphatic rings. The fourth-order valence-corrected chi connectivity index (χ4v) is 3.54. The van der Waals surface area contributed by atoms with Gasteiger partial charge in [-0.25, -0.2) is 9.97 Å². The second-order valence-corrected chi connectivity index (χ2v) is 6.58. The maximum Gasteiger partial charge on any atom is 0.293 e. The summed E-state index contributed by atoms with van der Waals surface area (Å²) in [6.07, 6.45) is 7.24. The van der Waals surface area contributed by atoms with E-state index in [0.29, 0.717) is 18.9 Å². The number of hydrogen-bond donors (Lipinski definition) is 0. The van der Waals surface area contributed by atoms with Crippen LogP contribution in [0.5, 0.6) is 0 Å². The SMILES string of the molecule is CCn1ccnc(N2CCc3c(ncn3CCc3ccccc3)C2)c1=O. The predicted molar refractivity (Wildman–Crippen MR) is 101 cm³/mol. The van der Waals surface area contributed by atoms with Crippen molar-refractivity contribution in [2.75, 3.05) is 11.4 Å². The minimum absolute atomic E-state index is 0.0260.